The summed E-state index contributed by atoms with van der Waals surface area (Å²) >= 11 is 7.54. The first-order valence-electron chi connectivity index (χ1n) is 6.85. The highest BCUT2D eigenvalue weighted by Crippen LogP contribution is 2.34. The number of nitrogens with one attached hydrogen (secondary N) is 1. The molecule has 1 N–H and O–H groups in total. The predicted octanol–water partition coefficient (Wildman–Crippen LogP) is 5.39. The van der Waals surface area contributed by atoms with Crippen LogP contribution in [-0.2, 0) is 0 Å². The van der Waals surface area contributed by atoms with E-state index in [2.05, 4.69) is 22.8 Å². The molecule has 108 valence electrons. The molecule has 2 aromatic carbocycles. The van der Waals surface area contributed by atoms with E-state index in [0.29, 0.717) is 10.6 Å². The zero-order valence-corrected chi connectivity index (χ0v) is 13.1. The molecule has 0 spiro atoms. The topological polar surface area (TPSA) is 12.0 Å². The predicted molar refractivity (Wildman–Crippen MR) is 88.8 cm³/mol. The van der Waals surface area contributed by atoms with E-state index >= 15 is 0 Å². The molecule has 3 rings (SSSR count). The van der Waals surface area contributed by atoms with Gasteiger partial charge in [-0.15, -0.1) is 11.3 Å². The van der Waals surface area contributed by atoms with Gasteiger partial charge in [-0.3, -0.25) is 0 Å². The van der Waals surface area contributed by atoms with Crippen molar-refractivity contribution in [1.29, 1.82) is 0 Å². The maximum absolute atomic E-state index is 14.3. The van der Waals surface area contributed by atoms with Gasteiger partial charge in [0.05, 0.1) is 6.04 Å². The largest absolute Gasteiger partial charge is 0.306 e. The molecule has 0 saturated carbocycles. The van der Waals surface area contributed by atoms with Crippen LogP contribution in [0.15, 0.2) is 47.8 Å². The molecule has 0 aliphatic carbocycles. The Morgan fingerprint density at radius 1 is 1.19 bits per heavy atom. The van der Waals surface area contributed by atoms with Crippen molar-refractivity contribution in [2.45, 2.75) is 13.0 Å². The number of halogens is 2. The lowest BCUT2D eigenvalue weighted by molar-refractivity contribution is 0.561. The maximum atomic E-state index is 14.3. The Balaban J connectivity index is 2.13. The van der Waals surface area contributed by atoms with Crippen LogP contribution in [0.25, 0.3) is 10.1 Å². The Bertz CT molecular complexity index is 768. The second kappa shape index (κ2) is 6.14. The van der Waals surface area contributed by atoms with Crippen LogP contribution in [0.5, 0.6) is 0 Å². The molecule has 1 aromatic heterocycles. The van der Waals surface area contributed by atoms with E-state index in [0.717, 1.165) is 12.1 Å². The van der Waals surface area contributed by atoms with Crippen molar-refractivity contribution in [3.05, 3.63) is 69.8 Å². The lowest BCUT2D eigenvalue weighted by atomic mass is 9.97. The number of rotatable bonds is 4. The molecule has 0 amide bonds. The average Bonchev–Trinajstić information content (AvgIpc) is 2.89. The van der Waals surface area contributed by atoms with Gasteiger partial charge in [-0.05, 0) is 41.1 Å². The van der Waals surface area contributed by atoms with Gasteiger partial charge in [-0.1, -0.05) is 42.8 Å². The molecular weight excluding hydrogens is 305 g/mol. The Morgan fingerprint density at radius 3 is 2.76 bits per heavy atom. The summed E-state index contributed by atoms with van der Waals surface area (Å²) in [5.74, 6) is -0.274. The van der Waals surface area contributed by atoms with Gasteiger partial charge < -0.3 is 5.32 Å². The van der Waals surface area contributed by atoms with Crippen LogP contribution in [0, 0.1) is 5.82 Å². The Kier molecular flexibility index (Phi) is 4.24. The van der Waals surface area contributed by atoms with E-state index in [-0.39, 0.29) is 11.9 Å². The van der Waals surface area contributed by atoms with Crippen molar-refractivity contribution in [3.8, 4) is 0 Å². The third-order valence-electron chi connectivity index (χ3n) is 3.50. The molecule has 4 heteroatoms. The molecule has 1 unspecified atom stereocenters. The van der Waals surface area contributed by atoms with Crippen molar-refractivity contribution >= 4 is 33.0 Å². The number of benzene rings is 2. The summed E-state index contributed by atoms with van der Waals surface area (Å²) in [4.78, 5) is 0. The van der Waals surface area contributed by atoms with E-state index in [9.17, 15) is 4.39 Å². The number of hydrogen-bond donors (Lipinski definition) is 1. The Labute approximate surface area is 132 Å². The van der Waals surface area contributed by atoms with Crippen LogP contribution in [0.3, 0.4) is 0 Å². The fourth-order valence-corrected chi connectivity index (χ4v) is 3.69. The maximum Gasteiger partial charge on any atom is 0.129 e. The second-order valence-corrected chi connectivity index (χ2v) is 6.19. The molecule has 0 aliphatic heterocycles. The van der Waals surface area contributed by atoms with E-state index in [4.69, 9.17) is 11.6 Å². The average molecular weight is 320 g/mol. The zero-order valence-electron chi connectivity index (χ0n) is 11.6. The van der Waals surface area contributed by atoms with Gasteiger partial charge in [-0.2, -0.15) is 0 Å². The van der Waals surface area contributed by atoms with Crippen molar-refractivity contribution in [3.63, 3.8) is 0 Å². The van der Waals surface area contributed by atoms with Crippen LogP contribution in [-0.4, -0.2) is 6.54 Å². The summed E-state index contributed by atoms with van der Waals surface area (Å²) in [6, 6.07) is 12.9. The minimum atomic E-state index is -0.274. The highest BCUT2D eigenvalue weighted by atomic mass is 35.5. The van der Waals surface area contributed by atoms with Crippen LogP contribution in [0.1, 0.15) is 24.1 Å². The third-order valence-corrected chi connectivity index (χ3v) is 4.72. The molecule has 1 nitrogen and oxygen atoms in total. The van der Waals surface area contributed by atoms with Crippen LogP contribution in [0.4, 0.5) is 4.39 Å². The van der Waals surface area contributed by atoms with Crippen molar-refractivity contribution in [2.75, 3.05) is 6.54 Å². The summed E-state index contributed by atoms with van der Waals surface area (Å²) in [5.41, 5.74) is 1.74. The molecule has 0 saturated heterocycles. The van der Waals surface area contributed by atoms with Gasteiger partial charge in [0.25, 0.3) is 0 Å². The molecule has 0 bridgehead atoms. The first kappa shape index (κ1) is 14.5. The van der Waals surface area contributed by atoms with E-state index in [1.807, 2.05) is 19.1 Å². The van der Waals surface area contributed by atoms with Gasteiger partial charge >= 0.3 is 0 Å². The van der Waals surface area contributed by atoms with Crippen molar-refractivity contribution in [1.82, 2.24) is 5.32 Å². The van der Waals surface area contributed by atoms with Gasteiger partial charge in [0.1, 0.15) is 5.82 Å². The highest BCUT2D eigenvalue weighted by molar-refractivity contribution is 7.17. The van der Waals surface area contributed by atoms with E-state index in [1.54, 1.807) is 23.5 Å². The van der Waals surface area contributed by atoms with Gasteiger partial charge in [0.15, 0.2) is 0 Å². The quantitative estimate of drug-likeness (QED) is 0.679. The molecular formula is C17H15ClFNS. The third kappa shape index (κ3) is 2.82. The molecule has 1 atom stereocenters. The normalized spacial score (nSPS) is 12.7. The molecule has 21 heavy (non-hydrogen) atoms. The number of fused-ring (bicyclic) bond motifs is 1. The first-order valence-corrected chi connectivity index (χ1v) is 8.11. The zero-order chi connectivity index (χ0) is 14.8. The molecule has 0 aliphatic rings. The van der Waals surface area contributed by atoms with Crippen LogP contribution in [0.2, 0.25) is 5.02 Å². The Hall–Kier alpha value is -1.42. The lowest BCUT2D eigenvalue weighted by Gasteiger charge is -2.19. The molecule has 1 heterocycles. The molecule has 0 radical (unpaired) electrons. The summed E-state index contributed by atoms with van der Waals surface area (Å²) < 4.78 is 15.5. The van der Waals surface area contributed by atoms with Gasteiger partial charge in [-0.25, -0.2) is 4.39 Å². The number of hydrogen-bond acceptors (Lipinski definition) is 2. The standard InChI is InChI=1S/C17H15ClFNS/c1-2-20-17(13-8-7-11(18)9-15(13)19)14-10-21-16-6-4-3-5-12(14)16/h3-10,17,20H,2H2,1H3. The van der Waals surface area contributed by atoms with Crippen molar-refractivity contribution in [2.24, 2.45) is 0 Å². The van der Waals surface area contributed by atoms with Crippen LogP contribution >= 0.6 is 22.9 Å². The smallest absolute Gasteiger partial charge is 0.129 e. The Morgan fingerprint density at radius 2 is 2.00 bits per heavy atom. The highest BCUT2D eigenvalue weighted by Gasteiger charge is 2.20. The molecule has 3 aromatic rings. The van der Waals surface area contributed by atoms with Crippen LogP contribution < -0.4 is 5.32 Å². The first-order chi connectivity index (χ1) is 10.2. The SMILES string of the molecule is CCNC(c1ccc(Cl)cc1F)c1csc2ccccc12. The monoisotopic (exact) mass is 319 g/mol. The van der Waals surface area contributed by atoms with Gasteiger partial charge in [0.2, 0.25) is 0 Å². The minimum Gasteiger partial charge on any atom is -0.306 e. The summed E-state index contributed by atoms with van der Waals surface area (Å²) in [7, 11) is 0. The number of thiophene rings is 1. The fourth-order valence-electron chi connectivity index (χ4n) is 2.55. The van der Waals surface area contributed by atoms with Gasteiger partial charge in [0, 0.05) is 15.3 Å². The second-order valence-electron chi connectivity index (χ2n) is 4.84. The summed E-state index contributed by atoms with van der Waals surface area (Å²) in [6.45, 7) is 2.78. The summed E-state index contributed by atoms with van der Waals surface area (Å²) in [6.07, 6.45) is 0. The fraction of sp³-hybridized carbons (Fsp3) is 0.176. The van der Waals surface area contributed by atoms with E-state index in [1.165, 1.54) is 16.2 Å². The molecule has 0 fully saturated rings. The summed E-state index contributed by atoms with van der Waals surface area (Å²) in [5, 5.41) is 7.07. The van der Waals surface area contributed by atoms with E-state index < -0.39 is 0 Å². The van der Waals surface area contributed by atoms with Crippen molar-refractivity contribution < 1.29 is 4.39 Å². The lowest BCUT2D eigenvalue weighted by Crippen LogP contribution is -2.22. The minimum absolute atomic E-state index is 0.164.